The first kappa shape index (κ1) is 17.3. The van der Waals surface area contributed by atoms with Crippen molar-refractivity contribution < 1.29 is 13.6 Å². The van der Waals surface area contributed by atoms with E-state index in [-0.39, 0.29) is 5.76 Å². The third-order valence-electron chi connectivity index (χ3n) is 4.38. The SMILES string of the molecule is Cc1cc2oc(C(=O)Nc3ccc(-n4cccn4)c(F)c3)c(C)c2cc1Cl. The van der Waals surface area contributed by atoms with Crippen LogP contribution in [-0.4, -0.2) is 15.7 Å². The Morgan fingerprint density at radius 3 is 2.78 bits per heavy atom. The van der Waals surface area contributed by atoms with Crippen LogP contribution < -0.4 is 5.32 Å². The van der Waals surface area contributed by atoms with Crippen LogP contribution in [0.5, 0.6) is 0 Å². The molecule has 0 bridgehead atoms. The van der Waals surface area contributed by atoms with Crippen molar-refractivity contribution in [1.82, 2.24) is 9.78 Å². The van der Waals surface area contributed by atoms with E-state index in [9.17, 15) is 9.18 Å². The number of fused-ring (bicyclic) bond motifs is 1. The van der Waals surface area contributed by atoms with Crippen molar-refractivity contribution in [2.24, 2.45) is 0 Å². The Bertz CT molecular complexity index is 1170. The lowest BCUT2D eigenvalue weighted by Gasteiger charge is -2.07. The molecule has 5 nitrogen and oxygen atoms in total. The van der Waals surface area contributed by atoms with Crippen LogP contribution in [0.25, 0.3) is 16.7 Å². The molecule has 0 unspecified atom stereocenters. The van der Waals surface area contributed by atoms with Gasteiger partial charge in [0.1, 0.15) is 11.3 Å². The number of aryl methyl sites for hydroxylation is 2. The second-order valence-electron chi connectivity index (χ2n) is 6.22. The lowest BCUT2D eigenvalue weighted by molar-refractivity contribution is 0.0998. The van der Waals surface area contributed by atoms with Crippen LogP contribution in [0.1, 0.15) is 21.7 Å². The fourth-order valence-corrected chi connectivity index (χ4v) is 3.09. The highest BCUT2D eigenvalue weighted by Gasteiger charge is 2.19. The highest BCUT2D eigenvalue weighted by atomic mass is 35.5. The number of benzene rings is 2. The zero-order valence-electron chi connectivity index (χ0n) is 14.6. The van der Waals surface area contributed by atoms with Crippen LogP contribution in [0.4, 0.5) is 10.1 Å². The maximum atomic E-state index is 14.4. The molecule has 0 fully saturated rings. The molecule has 2 aromatic heterocycles. The summed E-state index contributed by atoms with van der Waals surface area (Å²) in [6.07, 6.45) is 3.20. The number of nitrogens with zero attached hydrogens (tertiary/aromatic N) is 2. The number of hydrogen-bond donors (Lipinski definition) is 1. The minimum atomic E-state index is -0.500. The lowest BCUT2D eigenvalue weighted by atomic mass is 10.1. The third-order valence-corrected chi connectivity index (χ3v) is 4.79. The van der Waals surface area contributed by atoms with E-state index in [1.54, 1.807) is 49.6 Å². The molecule has 2 heterocycles. The van der Waals surface area contributed by atoms with Crippen molar-refractivity contribution in [3.63, 3.8) is 0 Å². The molecule has 0 radical (unpaired) electrons. The van der Waals surface area contributed by atoms with E-state index >= 15 is 0 Å². The highest BCUT2D eigenvalue weighted by molar-refractivity contribution is 6.32. The quantitative estimate of drug-likeness (QED) is 0.523. The molecule has 0 saturated carbocycles. The average Bonchev–Trinajstić information content (AvgIpc) is 3.25. The summed E-state index contributed by atoms with van der Waals surface area (Å²) < 4.78 is 21.5. The largest absolute Gasteiger partial charge is 0.451 e. The van der Waals surface area contributed by atoms with Crippen LogP contribution in [-0.2, 0) is 0 Å². The Kier molecular flexibility index (Phi) is 4.20. The molecule has 27 heavy (non-hydrogen) atoms. The molecule has 0 atom stereocenters. The number of nitrogens with one attached hydrogen (secondary N) is 1. The van der Waals surface area contributed by atoms with E-state index in [2.05, 4.69) is 10.4 Å². The first-order chi connectivity index (χ1) is 12.9. The van der Waals surface area contributed by atoms with Gasteiger partial charge in [-0.1, -0.05) is 11.6 Å². The third kappa shape index (κ3) is 3.08. The molecule has 1 amide bonds. The first-order valence-corrected chi connectivity index (χ1v) is 8.62. The molecule has 0 aliphatic carbocycles. The van der Waals surface area contributed by atoms with Crippen molar-refractivity contribution in [2.75, 3.05) is 5.32 Å². The van der Waals surface area contributed by atoms with Gasteiger partial charge in [-0.15, -0.1) is 0 Å². The predicted molar refractivity (Wildman–Crippen MR) is 102 cm³/mol. The van der Waals surface area contributed by atoms with Gasteiger partial charge in [-0.25, -0.2) is 9.07 Å². The number of furan rings is 1. The van der Waals surface area contributed by atoms with Gasteiger partial charge in [0, 0.05) is 34.1 Å². The maximum absolute atomic E-state index is 14.4. The van der Waals surface area contributed by atoms with Crippen LogP contribution >= 0.6 is 11.6 Å². The Morgan fingerprint density at radius 2 is 2.07 bits per heavy atom. The molecular formula is C20H15ClFN3O2. The van der Waals surface area contributed by atoms with Crippen molar-refractivity contribution in [3.05, 3.63) is 76.5 Å². The number of halogens is 2. The Hall–Kier alpha value is -3.12. The van der Waals surface area contributed by atoms with Crippen molar-refractivity contribution >= 4 is 34.2 Å². The number of anilines is 1. The van der Waals surface area contributed by atoms with Gasteiger partial charge in [-0.3, -0.25) is 4.79 Å². The van der Waals surface area contributed by atoms with E-state index in [0.29, 0.717) is 27.5 Å². The van der Waals surface area contributed by atoms with Crippen LogP contribution in [0.2, 0.25) is 5.02 Å². The zero-order valence-corrected chi connectivity index (χ0v) is 15.3. The van der Waals surface area contributed by atoms with Gasteiger partial charge >= 0.3 is 0 Å². The smallest absolute Gasteiger partial charge is 0.291 e. The van der Waals surface area contributed by atoms with Gasteiger partial charge in [0.05, 0.1) is 0 Å². The number of aromatic nitrogens is 2. The maximum Gasteiger partial charge on any atom is 0.291 e. The molecule has 136 valence electrons. The summed E-state index contributed by atoms with van der Waals surface area (Å²) in [6, 6.07) is 9.67. The van der Waals surface area contributed by atoms with Gasteiger partial charge < -0.3 is 9.73 Å². The van der Waals surface area contributed by atoms with Gasteiger partial charge in [-0.05, 0) is 55.8 Å². The topological polar surface area (TPSA) is 60.1 Å². The first-order valence-electron chi connectivity index (χ1n) is 8.24. The number of hydrogen-bond acceptors (Lipinski definition) is 3. The second kappa shape index (κ2) is 6.55. The van der Waals surface area contributed by atoms with Crippen molar-refractivity contribution in [3.8, 4) is 5.69 Å². The van der Waals surface area contributed by atoms with E-state index in [1.165, 1.54) is 10.7 Å². The summed E-state index contributed by atoms with van der Waals surface area (Å²) >= 11 is 6.16. The molecule has 2 aromatic carbocycles. The van der Waals surface area contributed by atoms with Crippen LogP contribution in [0, 0.1) is 19.7 Å². The molecule has 7 heteroatoms. The number of amides is 1. The molecular weight excluding hydrogens is 369 g/mol. The Labute approximate surface area is 159 Å². The monoisotopic (exact) mass is 383 g/mol. The molecule has 0 saturated heterocycles. The van der Waals surface area contributed by atoms with Gasteiger partial charge in [-0.2, -0.15) is 5.10 Å². The van der Waals surface area contributed by atoms with Crippen LogP contribution in [0.3, 0.4) is 0 Å². The summed E-state index contributed by atoms with van der Waals surface area (Å²) in [6.45, 7) is 3.65. The fraction of sp³-hybridized carbons (Fsp3) is 0.100. The summed E-state index contributed by atoms with van der Waals surface area (Å²) in [5, 5.41) is 8.05. The number of rotatable bonds is 3. The summed E-state index contributed by atoms with van der Waals surface area (Å²) in [7, 11) is 0. The Morgan fingerprint density at radius 1 is 1.26 bits per heavy atom. The predicted octanol–water partition coefficient (Wildman–Crippen LogP) is 5.28. The number of carbonyl (C=O) groups is 1. The van der Waals surface area contributed by atoms with Crippen LogP contribution in [0.15, 0.2) is 53.2 Å². The summed E-state index contributed by atoms with van der Waals surface area (Å²) in [5.74, 6) is -0.785. The van der Waals surface area contributed by atoms with E-state index in [0.717, 1.165) is 10.9 Å². The zero-order chi connectivity index (χ0) is 19.1. The minimum Gasteiger partial charge on any atom is -0.451 e. The molecule has 1 N–H and O–H groups in total. The Balaban J connectivity index is 1.64. The normalized spacial score (nSPS) is 11.1. The standard InChI is InChI=1S/C20H15ClFN3O2/c1-11-8-18-14(10-15(11)21)12(2)19(27-18)20(26)24-13-4-5-17(16(22)9-13)25-7-3-6-23-25/h3-10H,1-2H3,(H,24,26). The van der Waals surface area contributed by atoms with Gasteiger partial charge in [0.15, 0.2) is 11.6 Å². The van der Waals surface area contributed by atoms with E-state index < -0.39 is 11.7 Å². The van der Waals surface area contributed by atoms with Crippen molar-refractivity contribution in [1.29, 1.82) is 0 Å². The van der Waals surface area contributed by atoms with Crippen molar-refractivity contribution in [2.45, 2.75) is 13.8 Å². The van der Waals surface area contributed by atoms with E-state index in [4.69, 9.17) is 16.0 Å². The lowest BCUT2D eigenvalue weighted by Crippen LogP contribution is -2.12. The second-order valence-corrected chi connectivity index (χ2v) is 6.63. The molecule has 4 aromatic rings. The minimum absolute atomic E-state index is 0.170. The molecule has 0 aliphatic rings. The van der Waals surface area contributed by atoms with E-state index in [1.807, 2.05) is 6.92 Å². The van der Waals surface area contributed by atoms with Gasteiger partial charge in [0.25, 0.3) is 5.91 Å². The molecule has 0 spiro atoms. The number of carbonyl (C=O) groups excluding carboxylic acids is 1. The molecule has 0 aliphatic heterocycles. The molecule has 4 rings (SSSR count). The fourth-order valence-electron chi connectivity index (χ4n) is 2.93. The summed E-state index contributed by atoms with van der Waals surface area (Å²) in [5.41, 5.74) is 2.74. The highest BCUT2D eigenvalue weighted by Crippen LogP contribution is 2.30. The average molecular weight is 384 g/mol. The van der Waals surface area contributed by atoms with Gasteiger partial charge in [0.2, 0.25) is 0 Å². The summed E-state index contributed by atoms with van der Waals surface area (Å²) in [4.78, 5) is 12.6.